The van der Waals surface area contributed by atoms with Gasteiger partial charge in [0.1, 0.15) is 5.75 Å². The predicted molar refractivity (Wildman–Crippen MR) is 95.4 cm³/mol. The monoisotopic (exact) mass is 341 g/mol. The lowest BCUT2D eigenvalue weighted by atomic mass is 10.2. The van der Waals surface area contributed by atoms with Crippen LogP contribution in [-0.4, -0.2) is 67.5 Å². The number of ether oxygens (including phenoxy) is 1. The summed E-state index contributed by atoms with van der Waals surface area (Å²) >= 11 is 0. The number of benzene rings is 1. The molecule has 0 saturated carbocycles. The van der Waals surface area contributed by atoms with Crippen molar-refractivity contribution in [1.82, 2.24) is 9.80 Å². The van der Waals surface area contributed by atoms with E-state index in [0.717, 1.165) is 44.8 Å². The topological polar surface area (TPSA) is 53.1 Å². The fourth-order valence-corrected chi connectivity index (χ4v) is 3.21. The van der Waals surface area contributed by atoms with Crippen LogP contribution in [0.2, 0.25) is 0 Å². The average Bonchev–Trinajstić information content (AvgIpc) is 2.65. The molecule has 1 aromatic carbocycles. The summed E-state index contributed by atoms with van der Waals surface area (Å²) in [7, 11) is 0. The number of piperazine rings is 1. The third kappa shape index (κ3) is 4.12. The maximum atomic E-state index is 12.5. The number of terminal acetylenes is 1. The minimum Gasteiger partial charge on any atom is -0.482 e. The van der Waals surface area contributed by atoms with Gasteiger partial charge >= 0.3 is 0 Å². The van der Waals surface area contributed by atoms with Gasteiger partial charge in [-0.05, 0) is 12.1 Å². The predicted octanol–water partition coefficient (Wildman–Crippen LogP) is 0.970. The number of amides is 2. The maximum Gasteiger partial charge on any atom is 0.265 e. The summed E-state index contributed by atoms with van der Waals surface area (Å²) in [5.41, 5.74) is 0.741. The summed E-state index contributed by atoms with van der Waals surface area (Å²) in [6.07, 6.45) is 6.36. The van der Waals surface area contributed by atoms with Crippen LogP contribution in [0, 0.1) is 12.3 Å². The second-order valence-electron chi connectivity index (χ2n) is 6.23. The molecule has 2 amide bonds. The van der Waals surface area contributed by atoms with Gasteiger partial charge in [0.2, 0.25) is 5.91 Å². The van der Waals surface area contributed by atoms with Crippen molar-refractivity contribution >= 4 is 17.5 Å². The first-order valence-electron chi connectivity index (χ1n) is 8.65. The van der Waals surface area contributed by atoms with E-state index in [0.29, 0.717) is 18.7 Å². The average molecular weight is 341 g/mol. The summed E-state index contributed by atoms with van der Waals surface area (Å²) in [5.74, 6) is 3.32. The number of carbonyl (C=O) groups excluding carboxylic acids is 2. The van der Waals surface area contributed by atoms with Crippen LogP contribution < -0.4 is 9.64 Å². The summed E-state index contributed by atoms with van der Waals surface area (Å²) in [6.45, 7) is 4.44. The van der Waals surface area contributed by atoms with Gasteiger partial charge in [-0.2, -0.15) is 0 Å². The van der Waals surface area contributed by atoms with Crippen molar-refractivity contribution in [3.05, 3.63) is 24.3 Å². The van der Waals surface area contributed by atoms with E-state index < -0.39 is 0 Å². The number of anilines is 1. The Balaban J connectivity index is 1.52. The molecule has 0 spiro atoms. The molecule has 1 fully saturated rings. The SMILES string of the molecule is C#CCCN1CCN(C(=O)CCN2C(=O)COc3ccccc32)CC1. The smallest absolute Gasteiger partial charge is 0.265 e. The van der Waals surface area contributed by atoms with Crippen LogP contribution in [0.25, 0.3) is 0 Å². The second-order valence-corrected chi connectivity index (χ2v) is 6.23. The minimum absolute atomic E-state index is 0.0268. The Kier molecular flexibility index (Phi) is 5.56. The Labute approximate surface area is 148 Å². The van der Waals surface area contributed by atoms with Gasteiger partial charge in [0.25, 0.3) is 5.91 Å². The Bertz CT molecular complexity index is 675. The van der Waals surface area contributed by atoms with E-state index in [2.05, 4.69) is 10.8 Å². The zero-order valence-corrected chi connectivity index (χ0v) is 14.3. The molecule has 2 aliphatic rings. The van der Waals surface area contributed by atoms with Gasteiger partial charge in [0.05, 0.1) is 5.69 Å². The van der Waals surface area contributed by atoms with E-state index in [1.54, 1.807) is 4.90 Å². The molecule has 2 aliphatic heterocycles. The minimum atomic E-state index is -0.106. The van der Waals surface area contributed by atoms with E-state index >= 15 is 0 Å². The molecule has 1 aromatic rings. The summed E-state index contributed by atoms with van der Waals surface area (Å²) < 4.78 is 5.43. The van der Waals surface area contributed by atoms with E-state index in [1.165, 1.54) is 0 Å². The van der Waals surface area contributed by atoms with Crippen LogP contribution in [-0.2, 0) is 9.59 Å². The van der Waals surface area contributed by atoms with Gasteiger partial charge in [-0.25, -0.2) is 0 Å². The largest absolute Gasteiger partial charge is 0.482 e. The highest BCUT2D eigenvalue weighted by Gasteiger charge is 2.27. The second kappa shape index (κ2) is 8.04. The van der Waals surface area contributed by atoms with Crippen molar-refractivity contribution in [3.8, 4) is 18.1 Å². The Hall–Kier alpha value is -2.52. The number of fused-ring (bicyclic) bond motifs is 1. The maximum absolute atomic E-state index is 12.5. The van der Waals surface area contributed by atoms with E-state index in [4.69, 9.17) is 11.2 Å². The summed E-state index contributed by atoms with van der Waals surface area (Å²) in [4.78, 5) is 30.4. The third-order valence-corrected chi connectivity index (χ3v) is 4.65. The van der Waals surface area contributed by atoms with Crippen LogP contribution >= 0.6 is 0 Å². The van der Waals surface area contributed by atoms with E-state index in [1.807, 2.05) is 29.2 Å². The Morgan fingerprint density at radius 3 is 2.68 bits per heavy atom. The van der Waals surface area contributed by atoms with Gasteiger partial charge in [0, 0.05) is 52.1 Å². The molecule has 2 heterocycles. The van der Waals surface area contributed by atoms with Gasteiger partial charge < -0.3 is 14.5 Å². The highest BCUT2D eigenvalue weighted by Crippen LogP contribution is 2.31. The molecule has 0 aliphatic carbocycles. The number of rotatable bonds is 5. The first kappa shape index (κ1) is 17.3. The zero-order chi connectivity index (χ0) is 17.6. The zero-order valence-electron chi connectivity index (χ0n) is 14.3. The molecule has 6 heteroatoms. The molecule has 1 saturated heterocycles. The standard InChI is InChI=1S/C19H23N3O3/c1-2-3-9-20-11-13-21(14-12-20)18(23)8-10-22-16-6-4-5-7-17(16)25-15-19(22)24/h1,4-7H,3,8-15H2. The summed E-state index contributed by atoms with van der Waals surface area (Å²) in [6, 6.07) is 7.43. The van der Waals surface area contributed by atoms with Gasteiger partial charge in [-0.1, -0.05) is 12.1 Å². The van der Waals surface area contributed by atoms with Crippen LogP contribution in [0.1, 0.15) is 12.8 Å². The van der Waals surface area contributed by atoms with Gasteiger partial charge in [-0.3, -0.25) is 14.5 Å². The van der Waals surface area contributed by atoms with E-state index in [9.17, 15) is 9.59 Å². The van der Waals surface area contributed by atoms with Gasteiger partial charge in [-0.15, -0.1) is 12.3 Å². The molecule has 3 rings (SSSR count). The molecular formula is C19H23N3O3. The van der Waals surface area contributed by atoms with Crippen LogP contribution in [0.15, 0.2) is 24.3 Å². The fourth-order valence-electron chi connectivity index (χ4n) is 3.21. The molecule has 0 unspecified atom stereocenters. The molecular weight excluding hydrogens is 318 g/mol. The van der Waals surface area contributed by atoms with E-state index in [-0.39, 0.29) is 18.4 Å². The normalized spacial score (nSPS) is 17.6. The fraction of sp³-hybridized carbons (Fsp3) is 0.474. The lowest BCUT2D eigenvalue weighted by molar-refractivity contribution is -0.132. The molecule has 0 N–H and O–H groups in total. The van der Waals surface area contributed by atoms with Crippen molar-refractivity contribution in [2.75, 3.05) is 50.8 Å². The lowest BCUT2D eigenvalue weighted by Crippen LogP contribution is -2.49. The number of hydrogen-bond acceptors (Lipinski definition) is 4. The van der Waals surface area contributed by atoms with Crippen LogP contribution in [0.3, 0.4) is 0 Å². The summed E-state index contributed by atoms with van der Waals surface area (Å²) in [5, 5.41) is 0. The first-order valence-corrected chi connectivity index (χ1v) is 8.65. The van der Waals surface area contributed by atoms with Crippen LogP contribution in [0.5, 0.6) is 5.75 Å². The molecule has 6 nitrogen and oxygen atoms in total. The molecule has 0 radical (unpaired) electrons. The van der Waals surface area contributed by atoms with Crippen molar-refractivity contribution in [3.63, 3.8) is 0 Å². The number of carbonyl (C=O) groups is 2. The van der Waals surface area contributed by atoms with Crippen molar-refractivity contribution in [1.29, 1.82) is 0 Å². The lowest BCUT2D eigenvalue weighted by Gasteiger charge is -2.35. The number of para-hydroxylation sites is 2. The third-order valence-electron chi connectivity index (χ3n) is 4.65. The molecule has 0 aromatic heterocycles. The molecule has 25 heavy (non-hydrogen) atoms. The van der Waals surface area contributed by atoms with Crippen molar-refractivity contribution < 1.29 is 14.3 Å². The molecule has 132 valence electrons. The van der Waals surface area contributed by atoms with Crippen molar-refractivity contribution in [2.45, 2.75) is 12.8 Å². The highest BCUT2D eigenvalue weighted by molar-refractivity contribution is 5.98. The van der Waals surface area contributed by atoms with Crippen LogP contribution in [0.4, 0.5) is 5.69 Å². The number of hydrogen-bond donors (Lipinski definition) is 0. The molecule has 0 bridgehead atoms. The molecule has 0 atom stereocenters. The van der Waals surface area contributed by atoms with Crippen molar-refractivity contribution in [2.24, 2.45) is 0 Å². The Morgan fingerprint density at radius 2 is 1.92 bits per heavy atom. The van der Waals surface area contributed by atoms with Gasteiger partial charge in [0.15, 0.2) is 6.61 Å². The quantitative estimate of drug-likeness (QED) is 0.749. The first-order chi connectivity index (χ1) is 12.2. The number of nitrogens with zero attached hydrogens (tertiary/aromatic N) is 3. The Morgan fingerprint density at radius 1 is 1.16 bits per heavy atom. The highest BCUT2D eigenvalue weighted by atomic mass is 16.5.